The van der Waals surface area contributed by atoms with Crippen molar-refractivity contribution in [1.29, 1.82) is 0 Å². The van der Waals surface area contributed by atoms with Gasteiger partial charge in [-0.3, -0.25) is 10.8 Å². The van der Waals surface area contributed by atoms with Crippen molar-refractivity contribution in [3.8, 4) is 5.75 Å². The van der Waals surface area contributed by atoms with Crippen molar-refractivity contribution >= 4 is 0 Å². The molecule has 20 heavy (non-hydrogen) atoms. The van der Waals surface area contributed by atoms with Crippen LogP contribution in [-0.2, 0) is 0 Å². The molecule has 0 fully saturated rings. The van der Waals surface area contributed by atoms with Gasteiger partial charge in [0.15, 0.2) is 0 Å². The number of benzene rings is 1. The molecule has 2 rings (SSSR count). The molecule has 1 unspecified atom stereocenters. The largest absolute Gasteiger partial charge is 0.491 e. The third-order valence-electron chi connectivity index (χ3n) is 2.79. The Morgan fingerprint density at radius 2 is 2.00 bits per heavy atom. The summed E-state index contributed by atoms with van der Waals surface area (Å²) in [5.74, 6) is 5.96. The minimum absolute atomic E-state index is 0.0883. The summed E-state index contributed by atoms with van der Waals surface area (Å²) in [6.07, 6.45) is 2.84. The maximum atomic E-state index is 13.3. The van der Waals surface area contributed by atoms with Crippen LogP contribution in [0.5, 0.6) is 5.75 Å². The first-order valence-corrected chi connectivity index (χ1v) is 6.43. The van der Waals surface area contributed by atoms with Gasteiger partial charge in [0.25, 0.3) is 0 Å². The first-order valence-electron chi connectivity index (χ1n) is 6.43. The number of halogens is 1. The van der Waals surface area contributed by atoms with Crippen LogP contribution >= 0.6 is 0 Å². The second-order valence-electron chi connectivity index (χ2n) is 4.78. The van der Waals surface area contributed by atoms with E-state index >= 15 is 0 Å². The maximum absolute atomic E-state index is 13.3. The summed E-state index contributed by atoms with van der Waals surface area (Å²) in [7, 11) is 0. The molecular weight excluding hydrogens is 257 g/mol. The molecule has 0 radical (unpaired) electrons. The van der Waals surface area contributed by atoms with Crippen molar-refractivity contribution < 1.29 is 9.13 Å². The summed E-state index contributed by atoms with van der Waals surface area (Å²) in [6.45, 7) is 3.92. The number of nitrogens with two attached hydrogens (primary N) is 1. The van der Waals surface area contributed by atoms with Gasteiger partial charge in [-0.15, -0.1) is 0 Å². The van der Waals surface area contributed by atoms with E-state index in [1.807, 2.05) is 38.1 Å². The minimum Gasteiger partial charge on any atom is -0.491 e. The van der Waals surface area contributed by atoms with E-state index in [1.54, 1.807) is 6.20 Å². The lowest BCUT2D eigenvalue weighted by Crippen LogP contribution is -2.29. The maximum Gasteiger partial charge on any atom is 0.141 e. The summed E-state index contributed by atoms with van der Waals surface area (Å²) in [5.41, 5.74) is 4.23. The molecule has 0 spiro atoms. The molecule has 1 heterocycles. The quantitative estimate of drug-likeness (QED) is 0.650. The highest BCUT2D eigenvalue weighted by molar-refractivity contribution is 5.36. The highest BCUT2D eigenvalue weighted by Gasteiger charge is 2.14. The molecule has 1 atom stereocenters. The van der Waals surface area contributed by atoms with Crippen molar-refractivity contribution in [2.45, 2.75) is 26.0 Å². The molecule has 0 aliphatic carbocycles. The number of hydrazine groups is 1. The van der Waals surface area contributed by atoms with Crippen LogP contribution < -0.4 is 16.0 Å². The number of hydrogen-bond donors (Lipinski definition) is 2. The molecule has 0 saturated carbocycles. The van der Waals surface area contributed by atoms with Crippen LogP contribution in [0.1, 0.15) is 31.0 Å². The van der Waals surface area contributed by atoms with Gasteiger partial charge < -0.3 is 4.74 Å². The Bertz CT molecular complexity index is 575. The summed E-state index contributed by atoms with van der Waals surface area (Å²) in [4.78, 5) is 3.85. The zero-order valence-electron chi connectivity index (χ0n) is 11.5. The second-order valence-corrected chi connectivity index (χ2v) is 4.78. The van der Waals surface area contributed by atoms with Gasteiger partial charge in [-0.2, -0.15) is 0 Å². The Morgan fingerprint density at radius 3 is 2.65 bits per heavy atom. The monoisotopic (exact) mass is 275 g/mol. The van der Waals surface area contributed by atoms with E-state index in [9.17, 15) is 4.39 Å². The topological polar surface area (TPSA) is 60.2 Å². The third kappa shape index (κ3) is 3.53. The predicted octanol–water partition coefficient (Wildman–Crippen LogP) is 2.56. The van der Waals surface area contributed by atoms with Gasteiger partial charge in [0.1, 0.15) is 11.6 Å². The number of pyridine rings is 1. The summed E-state index contributed by atoms with van der Waals surface area (Å²) in [5, 5.41) is 0. The molecule has 2 aromatic rings. The number of aromatic nitrogens is 1. The van der Waals surface area contributed by atoms with Gasteiger partial charge in [0.05, 0.1) is 18.3 Å². The lowest BCUT2D eigenvalue weighted by atomic mass is 10.0. The molecule has 1 aromatic carbocycles. The van der Waals surface area contributed by atoms with E-state index in [0.29, 0.717) is 5.56 Å². The molecule has 0 bridgehead atoms. The van der Waals surface area contributed by atoms with E-state index in [2.05, 4.69) is 10.4 Å². The first kappa shape index (κ1) is 14.4. The molecule has 0 aliphatic rings. The predicted molar refractivity (Wildman–Crippen MR) is 75.6 cm³/mol. The van der Waals surface area contributed by atoms with Crippen molar-refractivity contribution in [3.05, 3.63) is 59.7 Å². The number of ether oxygens (including phenoxy) is 1. The number of rotatable bonds is 5. The van der Waals surface area contributed by atoms with Crippen LogP contribution in [0.3, 0.4) is 0 Å². The molecule has 1 aromatic heterocycles. The normalized spacial score (nSPS) is 12.4. The third-order valence-corrected chi connectivity index (χ3v) is 2.79. The Kier molecular flexibility index (Phi) is 4.65. The van der Waals surface area contributed by atoms with Gasteiger partial charge >= 0.3 is 0 Å². The molecule has 4 nitrogen and oxygen atoms in total. The first-order chi connectivity index (χ1) is 9.60. The molecule has 3 N–H and O–H groups in total. The van der Waals surface area contributed by atoms with Crippen molar-refractivity contribution in [2.24, 2.45) is 5.84 Å². The van der Waals surface area contributed by atoms with Crippen LogP contribution in [0, 0.1) is 5.82 Å². The van der Waals surface area contributed by atoms with E-state index in [1.165, 1.54) is 6.07 Å². The van der Waals surface area contributed by atoms with Crippen molar-refractivity contribution in [3.63, 3.8) is 0 Å². The van der Waals surface area contributed by atoms with Gasteiger partial charge in [-0.1, -0.05) is 12.1 Å². The Balaban J connectivity index is 2.32. The van der Waals surface area contributed by atoms with E-state index in [0.717, 1.165) is 17.5 Å². The second kappa shape index (κ2) is 6.45. The zero-order chi connectivity index (χ0) is 14.5. The fourth-order valence-corrected chi connectivity index (χ4v) is 2.01. The fraction of sp³-hybridized carbons (Fsp3) is 0.267. The molecule has 106 valence electrons. The van der Waals surface area contributed by atoms with Gasteiger partial charge in [0, 0.05) is 6.20 Å². The van der Waals surface area contributed by atoms with Crippen molar-refractivity contribution in [1.82, 2.24) is 10.4 Å². The van der Waals surface area contributed by atoms with Gasteiger partial charge in [-0.25, -0.2) is 9.82 Å². The average molecular weight is 275 g/mol. The zero-order valence-corrected chi connectivity index (χ0v) is 11.5. The number of nitrogens with zero attached hydrogens (tertiary/aromatic N) is 1. The fourth-order valence-electron chi connectivity index (χ4n) is 2.01. The Hall–Kier alpha value is -1.98. The Labute approximate surface area is 117 Å². The smallest absolute Gasteiger partial charge is 0.141 e. The highest BCUT2D eigenvalue weighted by atomic mass is 19.1. The van der Waals surface area contributed by atoms with E-state index < -0.39 is 5.82 Å². The molecular formula is C15H18FN3O. The number of hydrogen-bond acceptors (Lipinski definition) is 4. The highest BCUT2D eigenvalue weighted by Crippen LogP contribution is 2.25. The van der Waals surface area contributed by atoms with Crippen molar-refractivity contribution in [2.75, 3.05) is 0 Å². The van der Waals surface area contributed by atoms with Crippen LogP contribution in [0.15, 0.2) is 42.7 Å². The SMILES string of the molecule is CC(C)Oc1cccc(C(NN)c2cncc(F)c2)c1. The average Bonchev–Trinajstić information content (AvgIpc) is 2.39. The summed E-state index contributed by atoms with van der Waals surface area (Å²) < 4.78 is 18.9. The standard InChI is InChI=1S/C15H18FN3O/c1-10(2)20-14-5-3-4-11(7-14)15(19-17)12-6-13(16)9-18-8-12/h3-10,15,19H,17H2,1-2H3. The molecule has 0 saturated heterocycles. The van der Waals surface area contributed by atoms with Crippen LogP contribution in [-0.4, -0.2) is 11.1 Å². The molecule has 0 amide bonds. The summed E-state index contributed by atoms with van der Waals surface area (Å²) in [6, 6.07) is 8.62. The summed E-state index contributed by atoms with van der Waals surface area (Å²) >= 11 is 0. The lowest BCUT2D eigenvalue weighted by Gasteiger charge is -2.18. The van der Waals surface area contributed by atoms with Gasteiger partial charge in [-0.05, 0) is 43.2 Å². The lowest BCUT2D eigenvalue weighted by molar-refractivity contribution is 0.242. The van der Waals surface area contributed by atoms with Gasteiger partial charge in [0.2, 0.25) is 0 Å². The van der Waals surface area contributed by atoms with E-state index in [-0.39, 0.29) is 12.1 Å². The Morgan fingerprint density at radius 1 is 1.20 bits per heavy atom. The minimum atomic E-state index is -0.391. The molecule has 0 aliphatic heterocycles. The van der Waals surface area contributed by atoms with Crippen LogP contribution in [0.25, 0.3) is 0 Å². The molecule has 5 heteroatoms. The van der Waals surface area contributed by atoms with Crippen LogP contribution in [0.2, 0.25) is 0 Å². The van der Waals surface area contributed by atoms with E-state index in [4.69, 9.17) is 10.6 Å². The van der Waals surface area contributed by atoms with Crippen LogP contribution in [0.4, 0.5) is 4.39 Å². The number of nitrogens with one attached hydrogen (secondary N) is 1.